The Morgan fingerprint density at radius 1 is 1.22 bits per heavy atom. The van der Waals surface area contributed by atoms with E-state index in [1.54, 1.807) is 36.1 Å². The van der Waals surface area contributed by atoms with Crippen LogP contribution in [0.1, 0.15) is 31.4 Å². The first-order chi connectivity index (χ1) is 13.1. The molecule has 1 fully saturated rings. The van der Waals surface area contributed by atoms with E-state index in [0.717, 1.165) is 18.4 Å². The number of ether oxygens (including phenoxy) is 1. The molecule has 0 saturated carbocycles. The SMILES string of the molecule is CC(N=O)c1cccc(NC(=O)N2CCC(Oc3ccccc3Cl)CC2)c1. The van der Waals surface area contributed by atoms with Gasteiger partial charge >= 0.3 is 6.03 Å². The van der Waals surface area contributed by atoms with Crippen molar-refractivity contribution in [2.75, 3.05) is 18.4 Å². The van der Waals surface area contributed by atoms with Crippen molar-refractivity contribution in [2.45, 2.75) is 31.9 Å². The van der Waals surface area contributed by atoms with Crippen LogP contribution in [0, 0.1) is 4.91 Å². The van der Waals surface area contributed by atoms with E-state index < -0.39 is 6.04 Å². The van der Waals surface area contributed by atoms with Gasteiger partial charge in [0.2, 0.25) is 0 Å². The molecule has 0 aromatic heterocycles. The van der Waals surface area contributed by atoms with Crippen LogP contribution in [0.25, 0.3) is 0 Å². The molecule has 1 aliphatic heterocycles. The summed E-state index contributed by atoms with van der Waals surface area (Å²) in [5, 5.41) is 6.50. The lowest BCUT2D eigenvalue weighted by Crippen LogP contribution is -2.43. The van der Waals surface area contributed by atoms with Gasteiger partial charge in [-0.15, -0.1) is 0 Å². The summed E-state index contributed by atoms with van der Waals surface area (Å²) in [6.45, 7) is 2.93. The largest absolute Gasteiger partial charge is 0.489 e. The smallest absolute Gasteiger partial charge is 0.321 e. The van der Waals surface area contributed by atoms with Crippen molar-refractivity contribution in [3.05, 3.63) is 64.0 Å². The van der Waals surface area contributed by atoms with Gasteiger partial charge in [-0.1, -0.05) is 41.0 Å². The molecule has 7 heteroatoms. The number of anilines is 1. The molecule has 6 nitrogen and oxygen atoms in total. The van der Waals surface area contributed by atoms with Crippen LogP contribution in [-0.2, 0) is 0 Å². The molecule has 2 amide bonds. The Labute approximate surface area is 163 Å². The molecule has 1 N–H and O–H groups in total. The van der Waals surface area contributed by atoms with Gasteiger partial charge in [0.05, 0.1) is 5.02 Å². The normalized spacial score (nSPS) is 15.9. The Hall–Kier alpha value is -2.60. The summed E-state index contributed by atoms with van der Waals surface area (Å²) in [5.41, 5.74) is 1.43. The van der Waals surface area contributed by atoms with E-state index in [-0.39, 0.29) is 12.1 Å². The highest BCUT2D eigenvalue weighted by Crippen LogP contribution is 2.27. The maximum atomic E-state index is 12.5. The number of para-hydroxylation sites is 1. The van der Waals surface area contributed by atoms with E-state index in [1.165, 1.54) is 0 Å². The van der Waals surface area contributed by atoms with Crippen LogP contribution in [0.4, 0.5) is 10.5 Å². The fourth-order valence-corrected chi connectivity index (χ4v) is 3.22. The van der Waals surface area contributed by atoms with Crippen molar-refractivity contribution >= 4 is 23.3 Å². The number of piperidine rings is 1. The zero-order valence-electron chi connectivity index (χ0n) is 15.1. The summed E-state index contributed by atoms with van der Waals surface area (Å²) in [6.07, 6.45) is 1.52. The van der Waals surface area contributed by atoms with Crippen LogP contribution in [0.15, 0.2) is 53.7 Å². The number of carbonyl (C=O) groups is 1. The summed E-state index contributed by atoms with van der Waals surface area (Å²) in [7, 11) is 0. The lowest BCUT2D eigenvalue weighted by Gasteiger charge is -2.32. The fraction of sp³-hybridized carbons (Fsp3) is 0.350. The molecule has 1 saturated heterocycles. The van der Waals surface area contributed by atoms with Gasteiger partial charge in [0.1, 0.15) is 17.9 Å². The van der Waals surface area contributed by atoms with Crippen molar-refractivity contribution in [1.82, 2.24) is 4.90 Å². The number of hydrogen-bond acceptors (Lipinski definition) is 4. The molecule has 1 aliphatic rings. The van der Waals surface area contributed by atoms with Gasteiger partial charge in [-0.3, -0.25) is 0 Å². The predicted octanol–water partition coefficient (Wildman–Crippen LogP) is 5.24. The lowest BCUT2D eigenvalue weighted by molar-refractivity contribution is 0.115. The third-order valence-corrected chi connectivity index (χ3v) is 4.95. The van der Waals surface area contributed by atoms with Crippen LogP contribution < -0.4 is 10.1 Å². The Bertz CT molecular complexity index is 807. The number of amides is 2. The zero-order valence-corrected chi connectivity index (χ0v) is 15.9. The first-order valence-corrected chi connectivity index (χ1v) is 9.34. The van der Waals surface area contributed by atoms with Gasteiger partial charge < -0.3 is 15.0 Å². The molecule has 3 rings (SSSR count). The molecular weight excluding hydrogens is 366 g/mol. The van der Waals surface area contributed by atoms with Crippen LogP contribution in [-0.4, -0.2) is 30.1 Å². The first-order valence-electron chi connectivity index (χ1n) is 8.96. The summed E-state index contributed by atoms with van der Waals surface area (Å²) in [4.78, 5) is 25.0. The van der Waals surface area contributed by atoms with Crippen molar-refractivity contribution in [1.29, 1.82) is 0 Å². The maximum absolute atomic E-state index is 12.5. The number of halogens is 1. The van der Waals surface area contributed by atoms with E-state index in [2.05, 4.69) is 10.5 Å². The standard InChI is InChI=1S/C20H22ClN3O3/c1-14(23-26)15-5-4-6-16(13-15)22-20(25)24-11-9-17(10-12-24)27-19-8-3-2-7-18(19)21/h2-8,13-14,17H,9-12H2,1H3,(H,22,25). The monoisotopic (exact) mass is 387 g/mol. The van der Waals surface area contributed by atoms with Gasteiger partial charge in [0.25, 0.3) is 0 Å². The molecule has 2 aromatic rings. The molecule has 0 aliphatic carbocycles. The highest BCUT2D eigenvalue weighted by Gasteiger charge is 2.24. The Kier molecular flexibility index (Phi) is 6.29. The second kappa shape index (κ2) is 8.86. The Morgan fingerprint density at radius 3 is 2.67 bits per heavy atom. The minimum absolute atomic E-state index is 0.0387. The van der Waals surface area contributed by atoms with Crippen LogP contribution in [0.5, 0.6) is 5.75 Å². The number of rotatable bonds is 5. The molecule has 1 heterocycles. The van der Waals surface area contributed by atoms with Crippen LogP contribution in [0.2, 0.25) is 5.02 Å². The lowest BCUT2D eigenvalue weighted by atomic mass is 10.1. The molecule has 0 bridgehead atoms. The number of urea groups is 1. The second-order valence-corrected chi connectivity index (χ2v) is 6.98. The van der Waals surface area contributed by atoms with E-state index in [1.807, 2.05) is 24.3 Å². The number of hydrogen-bond donors (Lipinski definition) is 1. The number of carbonyl (C=O) groups excluding carboxylic acids is 1. The average Bonchev–Trinajstić information content (AvgIpc) is 2.70. The van der Waals surface area contributed by atoms with Crippen molar-refractivity contribution < 1.29 is 9.53 Å². The second-order valence-electron chi connectivity index (χ2n) is 6.57. The predicted molar refractivity (Wildman–Crippen MR) is 106 cm³/mol. The van der Waals surface area contributed by atoms with Gasteiger partial charge in [0.15, 0.2) is 0 Å². The number of nitroso groups, excluding NO2 is 1. The quantitative estimate of drug-likeness (QED) is 0.713. The molecule has 2 aromatic carbocycles. The zero-order chi connectivity index (χ0) is 19.2. The molecular formula is C20H22ClN3O3. The fourth-order valence-electron chi connectivity index (χ4n) is 3.04. The van der Waals surface area contributed by atoms with Crippen molar-refractivity contribution in [3.63, 3.8) is 0 Å². The molecule has 1 atom stereocenters. The molecule has 0 radical (unpaired) electrons. The highest BCUT2D eigenvalue weighted by atomic mass is 35.5. The van der Waals surface area contributed by atoms with Crippen molar-refractivity contribution in [2.24, 2.45) is 5.18 Å². The minimum atomic E-state index is -0.445. The topological polar surface area (TPSA) is 71.0 Å². The minimum Gasteiger partial charge on any atom is -0.489 e. The van der Waals surface area contributed by atoms with E-state index in [9.17, 15) is 9.70 Å². The first kappa shape index (κ1) is 19.2. The molecule has 27 heavy (non-hydrogen) atoms. The average molecular weight is 388 g/mol. The number of nitrogens with one attached hydrogen (secondary N) is 1. The van der Waals surface area contributed by atoms with Crippen LogP contribution in [0.3, 0.4) is 0 Å². The Balaban J connectivity index is 1.53. The molecule has 0 spiro atoms. The number of nitrogens with zero attached hydrogens (tertiary/aromatic N) is 2. The number of benzene rings is 2. The summed E-state index contributed by atoms with van der Waals surface area (Å²) >= 11 is 6.13. The summed E-state index contributed by atoms with van der Waals surface area (Å²) < 4.78 is 5.96. The number of likely N-dealkylation sites (tertiary alicyclic amines) is 1. The molecule has 142 valence electrons. The van der Waals surface area contributed by atoms with Crippen LogP contribution >= 0.6 is 11.6 Å². The van der Waals surface area contributed by atoms with Gasteiger partial charge in [0, 0.05) is 31.6 Å². The Morgan fingerprint density at radius 2 is 1.96 bits per heavy atom. The van der Waals surface area contributed by atoms with Gasteiger partial charge in [-0.2, -0.15) is 4.91 Å². The third-order valence-electron chi connectivity index (χ3n) is 4.64. The summed E-state index contributed by atoms with van der Waals surface area (Å²) in [6, 6.07) is 14.0. The molecule has 1 unspecified atom stereocenters. The van der Waals surface area contributed by atoms with E-state index in [4.69, 9.17) is 16.3 Å². The van der Waals surface area contributed by atoms with E-state index >= 15 is 0 Å². The van der Waals surface area contributed by atoms with Gasteiger partial charge in [-0.25, -0.2) is 4.79 Å². The van der Waals surface area contributed by atoms with Crippen molar-refractivity contribution in [3.8, 4) is 5.75 Å². The van der Waals surface area contributed by atoms with Gasteiger partial charge in [-0.05, 0) is 36.8 Å². The highest BCUT2D eigenvalue weighted by molar-refractivity contribution is 6.32. The third kappa shape index (κ3) is 4.98. The van der Waals surface area contributed by atoms with E-state index in [0.29, 0.717) is 29.5 Å². The maximum Gasteiger partial charge on any atom is 0.321 e. The summed E-state index contributed by atoms with van der Waals surface area (Å²) in [5.74, 6) is 0.678.